The lowest BCUT2D eigenvalue weighted by molar-refractivity contribution is -0.154. The SMILES string of the molecule is CC1(C(=O)OCn2nnc3ccccc3c2=O)CC1(Cl)Cl. The van der Waals surface area contributed by atoms with E-state index in [1.807, 2.05) is 0 Å². The molecular formula is C13H11Cl2N3O3. The zero-order valence-corrected chi connectivity index (χ0v) is 12.6. The molecule has 1 heterocycles. The number of alkyl halides is 2. The molecule has 1 saturated carbocycles. The third-order valence-electron chi connectivity index (χ3n) is 3.66. The number of esters is 1. The number of benzene rings is 1. The van der Waals surface area contributed by atoms with Gasteiger partial charge in [0.2, 0.25) is 0 Å². The smallest absolute Gasteiger partial charge is 0.316 e. The van der Waals surface area contributed by atoms with Crippen molar-refractivity contribution in [1.82, 2.24) is 15.0 Å². The first-order valence-corrected chi connectivity index (χ1v) is 6.98. The highest BCUT2D eigenvalue weighted by molar-refractivity contribution is 6.53. The van der Waals surface area contributed by atoms with Crippen LogP contribution in [-0.2, 0) is 16.3 Å². The number of nitrogens with zero attached hydrogens (tertiary/aromatic N) is 3. The van der Waals surface area contributed by atoms with Gasteiger partial charge in [0, 0.05) is 6.42 Å². The number of hydrogen-bond acceptors (Lipinski definition) is 5. The Bertz CT molecular complexity index is 790. The van der Waals surface area contributed by atoms with Crippen LogP contribution in [0, 0.1) is 5.41 Å². The first-order chi connectivity index (χ1) is 9.85. The van der Waals surface area contributed by atoms with E-state index in [1.54, 1.807) is 31.2 Å². The molecule has 1 aliphatic carbocycles. The molecule has 0 aliphatic heterocycles. The number of carbonyl (C=O) groups excluding carboxylic acids is 1. The number of ether oxygens (including phenoxy) is 1. The monoisotopic (exact) mass is 327 g/mol. The summed E-state index contributed by atoms with van der Waals surface area (Å²) in [4.78, 5) is 24.1. The van der Waals surface area contributed by atoms with Crippen molar-refractivity contribution >= 4 is 40.1 Å². The number of rotatable bonds is 3. The Morgan fingerprint density at radius 2 is 2.10 bits per heavy atom. The summed E-state index contributed by atoms with van der Waals surface area (Å²) >= 11 is 11.8. The summed E-state index contributed by atoms with van der Waals surface area (Å²) in [6.07, 6.45) is 0.320. The van der Waals surface area contributed by atoms with Gasteiger partial charge < -0.3 is 4.74 Å². The minimum atomic E-state index is -1.11. The van der Waals surface area contributed by atoms with Crippen LogP contribution in [-0.4, -0.2) is 25.3 Å². The highest BCUT2D eigenvalue weighted by Crippen LogP contribution is 2.64. The molecular weight excluding hydrogens is 317 g/mol. The van der Waals surface area contributed by atoms with Gasteiger partial charge in [-0.2, -0.15) is 4.68 Å². The fraction of sp³-hybridized carbons (Fsp3) is 0.385. The van der Waals surface area contributed by atoms with Crippen LogP contribution in [0.3, 0.4) is 0 Å². The summed E-state index contributed by atoms with van der Waals surface area (Å²) in [5, 5.41) is 8.03. The van der Waals surface area contributed by atoms with Crippen LogP contribution in [0.15, 0.2) is 29.1 Å². The first kappa shape index (κ1) is 14.3. The Hall–Kier alpha value is -1.66. The van der Waals surface area contributed by atoms with Gasteiger partial charge >= 0.3 is 5.97 Å². The summed E-state index contributed by atoms with van der Waals surface area (Å²) in [6.45, 7) is 1.29. The van der Waals surface area contributed by atoms with E-state index >= 15 is 0 Å². The van der Waals surface area contributed by atoms with E-state index in [2.05, 4.69) is 10.3 Å². The van der Waals surface area contributed by atoms with Crippen molar-refractivity contribution in [3.8, 4) is 0 Å². The second-order valence-electron chi connectivity index (χ2n) is 5.19. The van der Waals surface area contributed by atoms with Crippen molar-refractivity contribution in [2.24, 2.45) is 5.41 Å². The predicted octanol–water partition coefficient (Wildman–Crippen LogP) is 1.88. The van der Waals surface area contributed by atoms with Crippen LogP contribution in [0.25, 0.3) is 10.9 Å². The van der Waals surface area contributed by atoms with Crippen molar-refractivity contribution in [2.75, 3.05) is 0 Å². The van der Waals surface area contributed by atoms with Gasteiger partial charge in [-0.05, 0) is 19.1 Å². The molecule has 8 heteroatoms. The summed E-state index contributed by atoms with van der Waals surface area (Å²) in [7, 11) is 0. The summed E-state index contributed by atoms with van der Waals surface area (Å²) < 4.78 is 4.95. The summed E-state index contributed by atoms with van der Waals surface area (Å²) in [5.74, 6) is -0.561. The molecule has 110 valence electrons. The molecule has 2 aromatic rings. The van der Waals surface area contributed by atoms with Gasteiger partial charge in [0.05, 0.1) is 5.39 Å². The zero-order chi connectivity index (χ0) is 15.3. The number of fused-ring (bicyclic) bond motifs is 1. The van der Waals surface area contributed by atoms with Gasteiger partial charge in [-0.1, -0.05) is 17.3 Å². The second kappa shape index (κ2) is 4.68. The van der Waals surface area contributed by atoms with Crippen molar-refractivity contribution < 1.29 is 9.53 Å². The van der Waals surface area contributed by atoms with Crippen molar-refractivity contribution in [1.29, 1.82) is 0 Å². The predicted molar refractivity (Wildman–Crippen MR) is 77.1 cm³/mol. The summed E-state index contributed by atoms with van der Waals surface area (Å²) in [5.41, 5.74) is -0.832. The Morgan fingerprint density at radius 3 is 2.76 bits per heavy atom. The third-order valence-corrected chi connectivity index (χ3v) is 4.76. The largest absolute Gasteiger partial charge is 0.442 e. The molecule has 0 amide bonds. The van der Waals surface area contributed by atoms with E-state index in [-0.39, 0.29) is 12.3 Å². The standard InChI is InChI=1S/C13H11Cl2N3O3/c1-12(6-13(12,14)15)11(20)21-7-18-10(19)8-4-2-3-5-9(8)16-17-18/h2-5H,6-7H2,1H3. The molecule has 1 fully saturated rings. The van der Waals surface area contributed by atoms with Gasteiger partial charge in [-0.25, -0.2) is 0 Å². The molecule has 0 radical (unpaired) electrons. The molecule has 0 bridgehead atoms. The number of aromatic nitrogens is 3. The van der Waals surface area contributed by atoms with Gasteiger partial charge in [0.25, 0.3) is 5.56 Å². The van der Waals surface area contributed by atoms with E-state index in [0.29, 0.717) is 17.3 Å². The van der Waals surface area contributed by atoms with E-state index in [1.165, 1.54) is 0 Å². The molecule has 21 heavy (non-hydrogen) atoms. The topological polar surface area (TPSA) is 74.1 Å². The van der Waals surface area contributed by atoms with Gasteiger partial charge in [0.1, 0.15) is 15.3 Å². The number of hydrogen-bond donors (Lipinski definition) is 0. The lowest BCUT2D eigenvalue weighted by atomic mass is 10.1. The van der Waals surface area contributed by atoms with Crippen LogP contribution < -0.4 is 5.56 Å². The molecule has 6 nitrogen and oxygen atoms in total. The molecule has 3 rings (SSSR count). The minimum absolute atomic E-state index is 0.320. The Labute approximate surface area is 129 Å². The highest BCUT2D eigenvalue weighted by atomic mass is 35.5. The molecule has 0 N–H and O–H groups in total. The molecule has 1 aromatic heterocycles. The van der Waals surface area contributed by atoms with E-state index < -0.39 is 15.7 Å². The maximum atomic E-state index is 12.2. The van der Waals surface area contributed by atoms with Crippen LogP contribution in [0.1, 0.15) is 13.3 Å². The maximum absolute atomic E-state index is 12.2. The van der Waals surface area contributed by atoms with Gasteiger partial charge in [0.15, 0.2) is 6.73 Å². The van der Waals surface area contributed by atoms with E-state index in [0.717, 1.165) is 4.68 Å². The lowest BCUT2D eigenvalue weighted by Crippen LogP contribution is -2.29. The fourth-order valence-corrected chi connectivity index (χ4v) is 2.70. The number of halogens is 2. The van der Waals surface area contributed by atoms with Crippen LogP contribution in [0.5, 0.6) is 0 Å². The van der Waals surface area contributed by atoms with E-state index in [4.69, 9.17) is 27.9 Å². The highest BCUT2D eigenvalue weighted by Gasteiger charge is 2.69. The Kier molecular flexibility index (Phi) is 3.18. The third kappa shape index (κ3) is 2.28. The molecule has 0 spiro atoms. The van der Waals surface area contributed by atoms with Crippen molar-refractivity contribution in [3.05, 3.63) is 34.6 Å². The van der Waals surface area contributed by atoms with E-state index in [9.17, 15) is 9.59 Å². The Morgan fingerprint density at radius 1 is 1.43 bits per heavy atom. The van der Waals surface area contributed by atoms with Crippen LogP contribution >= 0.6 is 23.2 Å². The van der Waals surface area contributed by atoms with Crippen molar-refractivity contribution in [3.63, 3.8) is 0 Å². The fourth-order valence-electron chi connectivity index (χ4n) is 2.01. The van der Waals surface area contributed by atoms with Crippen LogP contribution in [0.2, 0.25) is 0 Å². The molecule has 1 atom stereocenters. The quantitative estimate of drug-likeness (QED) is 0.635. The minimum Gasteiger partial charge on any atom is -0.442 e. The Balaban J connectivity index is 1.79. The maximum Gasteiger partial charge on any atom is 0.316 e. The van der Waals surface area contributed by atoms with Crippen molar-refractivity contribution in [2.45, 2.75) is 24.4 Å². The first-order valence-electron chi connectivity index (χ1n) is 6.23. The normalized spacial score (nSPS) is 23.0. The van der Waals surface area contributed by atoms with Gasteiger partial charge in [-0.3, -0.25) is 9.59 Å². The molecule has 1 aromatic carbocycles. The second-order valence-corrected chi connectivity index (χ2v) is 6.67. The van der Waals surface area contributed by atoms with Crippen LogP contribution in [0.4, 0.5) is 0 Å². The lowest BCUT2D eigenvalue weighted by Gasteiger charge is -2.12. The zero-order valence-electron chi connectivity index (χ0n) is 11.0. The number of carbonyl (C=O) groups is 1. The van der Waals surface area contributed by atoms with Gasteiger partial charge in [-0.15, -0.1) is 28.3 Å². The molecule has 1 aliphatic rings. The molecule has 1 unspecified atom stereocenters. The molecule has 0 saturated heterocycles. The average molecular weight is 328 g/mol. The average Bonchev–Trinajstić information content (AvgIpc) is 2.98. The summed E-state index contributed by atoms with van der Waals surface area (Å²) in [6, 6.07) is 6.80.